The predicted octanol–water partition coefficient (Wildman–Crippen LogP) is 1.89. The van der Waals surface area contributed by atoms with Crippen molar-refractivity contribution in [2.75, 3.05) is 18.1 Å². The molecule has 1 unspecified atom stereocenters. The first-order valence-electron chi connectivity index (χ1n) is 8.62. The smallest absolute Gasteiger partial charge is 0.326 e. The van der Waals surface area contributed by atoms with Gasteiger partial charge in [-0.15, -0.1) is 0 Å². The molecular weight excluding hydrogens is 336 g/mol. The van der Waals surface area contributed by atoms with Gasteiger partial charge in [0.05, 0.1) is 5.69 Å². The van der Waals surface area contributed by atoms with Crippen LogP contribution in [0.5, 0.6) is 5.75 Å². The Morgan fingerprint density at radius 1 is 1.27 bits per heavy atom. The summed E-state index contributed by atoms with van der Waals surface area (Å²) in [7, 11) is 0. The SMILES string of the molecule is CC(C)C(OC(=O)CN1C(=O)COc2ccccc21)C(=O)NC(C)(C)C. The lowest BCUT2D eigenvalue weighted by molar-refractivity contribution is -0.158. The Hall–Kier alpha value is -2.57. The van der Waals surface area contributed by atoms with Gasteiger partial charge in [-0.05, 0) is 38.8 Å². The number of nitrogens with zero attached hydrogens (tertiary/aromatic N) is 1. The summed E-state index contributed by atoms with van der Waals surface area (Å²) in [6.07, 6.45) is -0.923. The Morgan fingerprint density at radius 2 is 1.92 bits per heavy atom. The molecule has 2 amide bonds. The van der Waals surface area contributed by atoms with Crippen LogP contribution in [0.1, 0.15) is 34.6 Å². The fourth-order valence-electron chi connectivity index (χ4n) is 2.57. The van der Waals surface area contributed by atoms with Crippen molar-refractivity contribution >= 4 is 23.5 Å². The second kappa shape index (κ2) is 7.76. The summed E-state index contributed by atoms with van der Waals surface area (Å²) < 4.78 is 10.8. The largest absolute Gasteiger partial charge is 0.482 e. The highest BCUT2D eigenvalue weighted by Crippen LogP contribution is 2.31. The number of ether oxygens (including phenoxy) is 2. The zero-order valence-electron chi connectivity index (χ0n) is 15.9. The van der Waals surface area contributed by atoms with Gasteiger partial charge in [0.15, 0.2) is 12.7 Å². The number of nitrogens with one attached hydrogen (secondary N) is 1. The Bertz CT molecular complexity index is 693. The van der Waals surface area contributed by atoms with Crippen molar-refractivity contribution < 1.29 is 23.9 Å². The van der Waals surface area contributed by atoms with Gasteiger partial charge in [-0.2, -0.15) is 0 Å². The molecule has 1 aromatic carbocycles. The number of fused-ring (bicyclic) bond motifs is 1. The number of hydrogen-bond acceptors (Lipinski definition) is 5. The van der Waals surface area contributed by atoms with Crippen LogP contribution < -0.4 is 15.0 Å². The molecule has 1 aliphatic rings. The molecule has 1 atom stereocenters. The molecule has 1 heterocycles. The zero-order valence-corrected chi connectivity index (χ0v) is 15.9. The number of carbonyl (C=O) groups excluding carboxylic acids is 3. The second-order valence-corrected chi connectivity index (χ2v) is 7.63. The Balaban J connectivity index is 2.09. The van der Waals surface area contributed by atoms with E-state index in [0.717, 1.165) is 0 Å². The van der Waals surface area contributed by atoms with Crippen LogP contribution in [0.3, 0.4) is 0 Å². The number of rotatable bonds is 5. The maximum atomic E-state index is 12.4. The Labute approximate surface area is 153 Å². The van der Waals surface area contributed by atoms with Gasteiger partial charge in [0.1, 0.15) is 12.3 Å². The molecule has 0 aliphatic carbocycles. The van der Waals surface area contributed by atoms with Gasteiger partial charge in [-0.1, -0.05) is 26.0 Å². The van der Waals surface area contributed by atoms with Crippen molar-refractivity contribution in [3.63, 3.8) is 0 Å². The highest BCUT2D eigenvalue weighted by molar-refractivity contribution is 6.01. The summed E-state index contributed by atoms with van der Waals surface area (Å²) in [5.41, 5.74) is 0.0800. The van der Waals surface area contributed by atoms with Gasteiger partial charge < -0.3 is 14.8 Å². The lowest BCUT2D eigenvalue weighted by Gasteiger charge is -2.30. The summed E-state index contributed by atoms with van der Waals surface area (Å²) in [4.78, 5) is 38.3. The highest BCUT2D eigenvalue weighted by atomic mass is 16.5. The van der Waals surface area contributed by atoms with Crippen LogP contribution in [0.2, 0.25) is 0 Å². The molecule has 7 heteroatoms. The molecule has 1 N–H and O–H groups in total. The molecular formula is C19H26N2O5. The van der Waals surface area contributed by atoms with Gasteiger partial charge in [-0.3, -0.25) is 19.3 Å². The van der Waals surface area contributed by atoms with Gasteiger partial charge in [-0.25, -0.2) is 0 Å². The summed E-state index contributed by atoms with van der Waals surface area (Å²) in [5.74, 6) is -0.993. The number of esters is 1. The molecule has 0 radical (unpaired) electrons. The van der Waals surface area contributed by atoms with Crippen LogP contribution in [0.4, 0.5) is 5.69 Å². The van der Waals surface area contributed by atoms with E-state index in [1.807, 2.05) is 20.8 Å². The standard InChI is InChI=1S/C19H26N2O5/c1-12(2)17(18(24)20-19(3,4)5)26-16(23)10-21-13-8-6-7-9-14(13)25-11-15(21)22/h6-9,12,17H,10-11H2,1-5H3,(H,20,24). The van der Waals surface area contributed by atoms with Crippen LogP contribution in [0.25, 0.3) is 0 Å². The van der Waals surface area contributed by atoms with Gasteiger partial charge in [0.2, 0.25) is 0 Å². The van der Waals surface area contributed by atoms with Crippen LogP contribution in [0.15, 0.2) is 24.3 Å². The van der Waals surface area contributed by atoms with Gasteiger partial charge >= 0.3 is 5.97 Å². The molecule has 7 nitrogen and oxygen atoms in total. The first-order chi connectivity index (χ1) is 12.1. The molecule has 0 saturated heterocycles. The van der Waals surface area contributed by atoms with E-state index in [1.165, 1.54) is 4.90 Å². The summed E-state index contributed by atoms with van der Waals surface area (Å²) in [6.45, 7) is 8.76. The molecule has 0 bridgehead atoms. The van der Waals surface area contributed by atoms with E-state index in [2.05, 4.69) is 5.32 Å². The van der Waals surface area contributed by atoms with Crippen molar-refractivity contribution in [3.05, 3.63) is 24.3 Å². The Morgan fingerprint density at radius 3 is 2.54 bits per heavy atom. The van der Waals surface area contributed by atoms with Crippen LogP contribution in [-0.2, 0) is 19.1 Å². The van der Waals surface area contributed by atoms with E-state index in [1.54, 1.807) is 38.1 Å². The molecule has 26 heavy (non-hydrogen) atoms. The number of benzene rings is 1. The van der Waals surface area contributed by atoms with E-state index in [9.17, 15) is 14.4 Å². The van der Waals surface area contributed by atoms with E-state index in [-0.39, 0.29) is 30.9 Å². The van der Waals surface area contributed by atoms with E-state index >= 15 is 0 Å². The maximum absolute atomic E-state index is 12.4. The fourth-order valence-corrected chi connectivity index (χ4v) is 2.57. The van der Waals surface area contributed by atoms with Crippen molar-refractivity contribution in [1.29, 1.82) is 0 Å². The summed E-state index contributed by atoms with van der Waals surface area (Å²) in [6, 6.07) is 6.98. The first-order valence-corrected chi connectivity index (χ1v) is 8.62. The summed E-state index contributed by atoms with van der Waals surface area (Å²) in [5, 5.41) is 2.82. The quantitative estimate of drug-likeness (QED) is 0.809. The molecule has 0 fully saturated rings. The van der Waals surface area contributed by atoms with Crippen molar-refractivity contribution in [2.24, 2.45) is 5.92 Å². The van der Waals surface area contributed by atoms with Crippen molar-refractivity contribution in [1.82, 2.24) is 5.32 Å². The molecule has 0 aromatic heterocycles. The minimum absolute atomic E-state index is 0.136. The third kappa shape index (κ3) is 4.97. The predicted molar refractivity (Wildman–Crippen MR) is 96.9 cm³/mol. The van der Waals surface area contributed by atoms with Gasteiger partial charge in [0.25, 0.3) is 11.8 Å². The number of anilines is 1. The van der Waals surface area contributed by atoms with Crippen molar-refractivity contribution in [3.8, 4) is 5.75 Å². The average molecular weight is 362 g/mol. The molecule has 2 rings (SSSR count). The van der Waals surface area contributed by atoms with Crippen LogP contribution in [-0.4, -0.2) is 42.6 Å². The normalized spacial score (nSPS) is 15.2. The average Bonchev–Trinajstić information content (AvgIpc) is 2.53. The lowest BCUT2D eigenvalue weighted by atomic mass is 10.0. The lowest BCUT2D eigenvalue weighted by Crippen LogP contribution is -2.50. The monoisotopic (exact) mass is 362 g/mol. The topological polar surface area (TPSA) is 84.9 Å². The number of para-hydroxylation sites is 2. The second-order valence-electron chi connectivity index (χ2n) is 7.63. The molecule has 0 spiro atoms. The highest BCUT2D eigenvalue weighted by Gasteiger charge is 2.32. The molecule has 1 aliphatic heterocycles. The van der Waals surface area contributed by atoms with Gasteiger partial charge in [0, 0.05) is 5.54 Å². The first kappa shape index (κ1) is 19.8. The van der Waals surface area contributed by atoms with E-state index in [0.29, 0.717) is 11.4 Å². The Kier molecular flexibility index (Phi) is 5.90. The number of amides is 2. The zero-order chi connectivity index (χ0) is 19.5. The molecule has 0 saturated carbocycles. The molecule has 142 valence electrons. The molecule has 1 aromatic rings. The minimum atomic E-state index is -0.923. The maximum Gasteiger partial charge on any atom is 0.326 e. The van der Waals surface area contributed by atoms with Crippen LogP contribution in [0, 0.1) is 5.92 Å². The minimum Gasteiger partial charge on any atom is -0.482 e. The number of carbonyl (C=O) groups is 3. The van der Waals surface area contributed by atoms with Crippen molar-refractivity contribution in [2.45, 2.75) is 46.3 Å². The van der Waals surface area contributed by atoms with Crippen LogP contribution >= 0.6 is 0 Å². The van der Waals surface area contributed by atoms with E-state index < -0.39 is 17.6 Å². The van der Waals surface area contributed by atoms with E-state index in [4.69, 9.17) is 9.47 Å². The third-order valence-electron chi connectivity index (χ3n) is 3.72. The summed E-state index contributed by atoms with van der Waals surface area (Å²) >= 11 is 0. The fraction of sp³-hybridized carbons (Fsp3) is 0.526. The number of hydrogen-bond donors (Lipinski definition) is 1. The third-order valence-corrected chi connectivity index (χ3v) is 3.72.